The number of allylic oxidation sites excluding steroid dienone is 1. The van der Waals surface area contributed by atoms with Gasteiger partial charge in [0.1, 0.15) is 4.21 Å². The Balaban J connectivity index is 2.24. The van der Waals surface area contributed by atoms with Gasteiger partial charge >= 0.3 is 0 Å². The Morgan fingerprint density at radius 3 is 2.62 bits per heavy atom. The molecule has 0 aliphatic heterocycles. The van der Waals surface area contributed by atoms with Crippen molar-refractivity contribution in [3.63, 3.8) is 0 Å². The summed E-state index contributed by atoms with van der Waals surface area (Å²) in [7, 11) is -3.63. The summed E-state index contributed by atoms with van der Waals surface area (Å²) < 4.78 is 28.0. The Labute approximate surface area is 151 Å². The predicted molar refractivity (Wildman–Crippen MR) is 106 cm³/mol. The van der Waals surface area contributed by atoms with Crippen LogP contribution in [0.5, 0.6) is 0 Å². The number of hydrogen-bond acceptors (Lipinski definition) is 5. The lowest BCUT2D eigenvalue weighted by Crippen LogP contribution is -2.12. The molecule has 128 valence electrons. The van der Waals surface area contributed by atoms with E-state index in [9.17, 15) is 8.42 Å². The van der Waals surface area contributed by atoms with E-state index in [0.29, 0.717) is 16.3 Å². The standard InChI is InChI=1S/C17H20N2O2S3/c1-11(2)22-10-14(18)16-7-8-17(23-16)24(20,21)19-15-6-5-12(3)9-13(15)4/h5-10,19H,1,18H2,2-4H3/b14-10-. The molecule has 0 bridgehead atoms. The molecular formula is C17H20N2O2S3. The predicted octanol–water partition coefficient (Wildman–Crippen LogP) is 4.69. The normalized spacial score (nSPS) is 12.2. The molecule has 0 fully saturated rings. The fourth-order valence-corrected chi connectivity index (χ4v) is 4.86. The summed E-state index contributed by atoms with van der Waals surface area (Å²) in [5.74, 6) is 0. The van der Waals surface area contributed by atoms with Gasteiger partial charge in [0.2, 0.25) is 0 Å². The van der Waals surface area contributed by atoms with Crippen LogP contribution in [-0.4, -0.2) is 8.42 Å². The van der Waals surface area contributed by atoms with Crippen LogP contribution in [0, 0.1) is 13.8 Å². The minimum atomic E-state index is -3.63. The van der Waals surface area contributed by atoms with E-state index < -0.39 is 10.0 Å². The van der Waals surface area contributed by atoms with Crippen molar-refractivity contribution >= 4 is 44.5 Å². The number of rotatable bonds is 6. The van der Waals surface area contributed by atoms with Crippen molar-refractivity contribution in [3.8, 4) is 0 Å². The van der Waals surface area contributed by atoms with Crippen LogP contribution in [0.4, 0.5) is 5.69 Å². The van der Waals surface area contributed by atoms with Crippen LogP contribution in [0.25, 0.3) is 5.70 Å². The SMILES string of the molecule is C=C(C)S/C=C(\N)c1ccc(S(=O)(=O)Nc2ccc(C)cc2C)s1. The average Bonchev–Trinajstić information content (AvgIpc) is 2.98. The van der Waals surface area contributed by atoms with Gasteiger partial charge in [-0.1, -0.05) is 24.3 Å². The molecular weight excluding hydrogens is 360 g/mol. The van der Waals surface area contributed by atoms with Crippen LogP contribution in [-0.2, 0) is 10.0 Å². The van der Waals surface area contributed by atoms with E-state index in [1.807, 2.05) is 32.9 Å². The molecule has 1 heterocycles. The summed E-state index contributed by atoms with van der Waals surface area (Å²) in [6.07, 6.45) is 0. The van der Waals surface area contributed by atoms with Gasteiger partial charge in [0, 0.05) is 0 Å². The molecule has 2 rings (SSSR count). The Bertz CT molecular complexity index is 896. The van der Waals surface area contributed by atoms with E-state index in [1.165, 1.54) is 11.8 Å². The Morgan fingerprint density at radius 1 is 1.29 bits per heavy atom. The average molecular weight is 381 g/mol. The van der Waals surface area contributed by atoms with Crippen molar-refractivity contribution in [1.29, 1.82) is 0 Å². The highest BCUT2D eigenvalue weighted by atomic mass is 32.2. The first-order valence-corrected chi connectivity index (χ1v) is 10.3. The molecule has 24 heavy (non-hydrogen) atoms. The molecule has 2 aromatic rings. The number of thiophene rings is 1. The van der Waals surface area contributed by atoms with Gasteiger partial charge in [-0.05, 0) is 54.8 Å². The maximum atomic E-state index is 12.6. The van der Waals surface area contributed by atoms with Crippen LogP contribution in [0.15, 0.2) is 51.4 Å². The summed E-state index contributed by atoms with van der Waals surface area (Å²) in [4.78, 5) is 1.63. The zero-order valence-electron chi connectivity index (χ0n) is 13.8. The lowest BCUT2D eigenvalue weighted by atomic mass is 10.1. The quantitative estimate of drug-likeness (QED) is 0.762. The first-order chi connectivity index (χ1) is 11.2. The molecule has 0 amide bonds. The summed E-state index contributed by atoms with van der Waals surface area (Å²) in [5, 5.41) is 1.77. The van der Waals surface area contributed by atoms with Gasteiger partial charge in [-0.3, -0.25) is 4.72 Å². The Kier molecular flexibility index (Phi) is 5.79. The number of sulfonamides is 1. The van der Waals surface area contributed by atoms with Gasteiger partial charge in [-0.15, -0.1) is 23.1 Å². The van der Waals surface area contributed by atoms with Crippen molar-refractivity contribution in [2.45, 2.75) is 25.0 Å². The minimum Gasteiger partial charge on any atom is -0.397 e. The van der Waals surface area contributed by atoms with Crippen LogP contribution in [0.1, 0.15) is 22.9 Å². The second-order valence-electron chi connectivity index (χ2n) is 5.44. The summed E-state index contributed by atoms with van der Waals surface area (Å²) in [6, 6.07) is 8.87. The van der Waals surface area contributed by atoms with E-state index in [-0.39, 0.29) is 4.21 Å². The first-order valence-electron chi connectivity index (χ1n) is 7.17. The van der Waals surface area contributed by atoms with E-state index in [2.05, 4.69) is 11.3 Å². The van der Waals surface area contributed by atoms with Gasteiger partial charge in [-0.25, -0.2) is 8.42 Å². The number of nitrogens with two attached hydrogens (primary N) is 1. The zero-order valence-corrected chi connectivity index (χ0v) is 16.2. The van der Waals surface area contributed by atoms with E-state index >= 15 is 0 Å². The lowest BCUT2D eigenvalue weighted by Gasteiger charge is -2.09. The molecule has 0 radical (unpaired) electrons. The number of thioether (sulfide) groups is 1. The minimum absolute atomic E-state index is 0.231. The van der Waals surface area contributed by atoms with Gasteiger partial charge in [0.05, 0.1) is 16.3 Å². The van der Waals surface area contributed by atoms with Crippen LogP contribution >= 0.6 is 23.1 Å². The monoisotopic (exact) mass is 380 g/mol. The van der Waals surface area contributed by atoms with Gasteiger partial charge in [0.25, 0.3) is 10.0 Å². The Hall–Kier alpha value is -1.70. The van der Waals surface area contributed by atoms with Crippen molar-refractivity contribution in [2.24, 2.45) is 5.73 Å². The van der Waals surface area contributed by atoms with Crippen molar-refractivity contribution in [1.82, 2.24) is 0 Å². The molecule has 3 N–H and O–H groups in total. The zero-order chi connectivity index (χ0) is 17.9. The molecule has 0 aliphatic carbocycles. The number of nitrogens with one attached hydrogen (secondary N) is 1. The molecule has 4 nitrogen and oxygen atoms in total. The van der Waals surface area contributed by atoms with Gasteiger partial charge < -0.3 is 5.73 Å². The third-order valence-electron chi connectivity index (χ3n) is 3.14. The molecule has 0 saturated carbocycles. The fraction of sp³-hybridized carbons (Fsp3) is 0.176. The molecule has 0 unspecified atom stereocenters. The molecule has 0 saturated heterocycles. The second-order valence-corrected chi connectivity index (χ2v) is 9.60. The highest BCUT2D eigenvalue weighted by molar-refractivity contribution is 8.05. The molecule has 0 spiro atoms. The maximum Gasteiger partial charge on any atom is 0.271 e. The van der Waals surface area contributed by atoms with Gasteiger partial charge in [0.15, 0.2) is 0 Å². The lowest BCUT2D eigenvalue weighted by molar-refractivity contribution is 0.603. The first kappa shape index (κ1) is 18.6. The third-order valence-corrected chi connectivity index (χ3v) is 6.91. The number of benzene rings is 1. The van der Waals surface area contributed by atoms with Crippen molar-refractivity contribution in [2.75, 3.05) is 4.72 Å². The summed E-state index contributed by atoms with van der Waals surface area (Å²) in [6.45, 7) is 9.51. The highest BCUT2D eigenvalue weighted by Gasteiger charge is 2.18. The van der Waals surface area contributed by atoms with E-state index in [4.69, 9.17) is 5.73 Å². The number of hydrogen-bond donors (Lipinski definition) is 2. The Morgan fingerprint density at radius 2 is 2.00 bits per heavy atom. The summed E-state index contributed by atoms with van der Waals surface area (Å²) in [5.41, 5.74) is 9.06. The van der Waals surface area contributed by atoms with Crippen LogP contribution in [0.3, 0.4) is 0 Å². The topological polar surface area (TPSA) is 72.2 Å². The highest BCUT2D eigenvalue weighted by Crippen LogP contribution is 2.29. The largest absolute Gasteiger partial charge is 0.397 e. The summed E-state index contributed by atoms with van der Waals surface area (Å²) >= 11 is 2.56. The molecule has 7 heteroatoms. The smallest absolute Gasteiger partial charge is 0.271 e. The van der Waals surface area contributed by atoms with Crippen molar-refractivity contribution in [3.05, 3.63) is 63.2 Å². The van der Waals surface area contributed by atoms with E-state index in [0.717, 1.165) is 27.4 Å². The third kappa shape index (κ3) is 4.66. The molecule has 0 atom stereocenters. The van der Waals surface area contributed by atoms with E-state index in [1.54, 1.807) is 23.6 Å². The van der Waals surface area contributed by atoms with Crippen molar-refractivity contribution < 1.29 is 8.42 Å². The van der Waals surface area contributed by atoms with Crippen LogP contribution < -0.4 is 10.5 Å². The number of anilines is 1. The maximum absolute atomic E-state index is 12.6. The van der Waals surface area contributed by atoms with Gasteiger partial charge in [-0.2, -0.15) is 0 Å². The van der Waals surface area contributed by atoms with Crippen LogP contribution in [0.2, 0.25) is 0 Å². The second kappa shape index (κ2) is 7.46. The molecule has 0 aliphatic rings. The molecule has 1 aromatic heterocycles. The fourth-order valence-electron chi connectivity index (χ4n) is 1.97. The number of aryl methyl sites for hydroxylation is 2. The molecule has 1 aromatic carbocycles.